The van der Waals surface area contributed by atoms with Crippen LogP contribution in [0.1, 0.15) is 27.2 Å². The minimum atomic E-state index is 0.632. The molecule has 0 aromatic carbocycles. The van der Waals surface area contributed by atoms with E-state index in [4.69, 9.17) is 0 Å². The predicted octanol–water partition coefficient (Wildman–Crippen LogP) is 4.59. The maximum absolute atomic E-state index is 2.35. The van der Waals surface area contributed by atoms with Crippen LogP contribution in [0.15, 0.2) is 59.3 Å². The largest absolute Gasteiger partial charge is 0.0877 e. The topological polar surface area (TPSA) is 0 Å². The summed E-state index contributed by atoms with van der Waals surface area (Å²) in [5.74, 6) is 1.35. The molecule has 0 saturated carbocycles. The third kappa shape index (κ3) is 1.97. The number of fused-ring (bicyclic) bond motifs is 1. The van der Waals surface area contributed by atoms with Crippen molar-refractivity contribution in [1.82, 2.24) is 0 Å². The average Bonchev–Trinajstić information content (AvgIpc) is 2.32. The molecule has 2 atom stereocenters. The molecule has 16 heavy (non-hydrogen) atoms. The van der Waals surface area contributed by atoms with Crippen molar-refractivity contribution >= 4 is 0 Å². The summed E-state index contributed by atoms with van der Waals surface area (Å²) in [7, 11) is 0. The van der Waals surface area contributed by atoms with E-state index >= 15 is 0 Å². The fraction of sp³-hybridized carbons (Fsp3) is 0.375. The van der Waals surface area contributed by atoms with E-state index in [0.29, 0.717) is 5.92 Å². The summed E-state index contributed by atoms with van der Waals surface area (Å²) in [6.45, 7) is 6.68. The van der Waals surface area contributed by atoms with Crippen molar-refractivity contribution in [3.05, 3.63) is 59.3 Å². The zero-order chi connectivity index (χ0) is 11.5. The molecule has 0 saturated heterocycles. The molecule has 0 nitrogen and oxygen atoms in total. The lowest BCUT2D eigenvalue weighted by Gasteiger charge is -2.32. The van der Waals surface area contributed by atoms with E-state index in [1.54, 1.807) is 0 Å². The second-order valence-electron chi connectivity index (χ2n) is 4.75. The Kier molecular flexibility index (Phi) is 3.28. The highest BCUT2D eigenvalue weighted by molar-refractivity contribution is 5.48. The number of hydrogen-bond donors (Lipinski definition) is 0. The summed E-state index contributed by atoms with van der Waals surface area (Å²) in [5.41, 5.74) is 4.48. The molecule has 0 heteroatoms. The number of rotatable bonds is 1. The Morgan fingerprint density at radius 1 is 1.31 bits per heavy atom. The Labute approximate surface area is 98.8 Å². The SMILES string of the molecule is C/C=C\C=C1/CC(C)C2C=CC=CC2=C1C. The van der Waals surface area contributed by atoms with E-state index in [1.807, 2.05) is 0 Å². The van der Waals surface area contributed by atoms with Gasteiger partial charge in [0, 0.05) is 5.92 Å². The highest BCUT2D eigenvalue weighted by Gasteiger charge is 2.27. The lowest BCUT2D eigenvalue weighted by molar-refractivity contribution is 0.462. The van der Waals surface area contributed by atoms with Crippen LogP contribution >= 0.6 is 0 Å². The fourth-order valence-electron chi connectivity index (χ4n) is 2.65. The zero-order valence-electron chi connectivity index (χ0n) is 10.4. The minimum absolute atomic E-state index is 0.632. The Morgan fingerprint density at radius 3 is 2.88 bits per heavy atom. The summed E-state index contributed by atoms with van der Waals surface area (Å²) < 4.78 is 0. The van der Waals surface area contributed by atoms with Crippen molar-refractivity contribution < 1.29 is 0 Å². The molecule has 0 aromatic heterocycles. The van der Waals surface area contributed by atoms with Gasteiger partial charge in [0.2, 0.25) is 0 Å². The van der Waals surface area contributed by atoms with Crippen molar-refractivity contribution in [2.75, 3.05) is 0 Å². The molecule has 0 spiro atoms. The quantitative estimate of drug-likeness (QED) is 0.596. The van der Waals surface area contributed by atoms with Crippen LogP contribution in [0.5, 0.6) is 0 Å². The molecule has 0 bridgehead atoms. The lowest BCUT2D eigenvalue weighted by Crippen LogP contribution is -2.20. The van der Waals surface area contributed by atoms with E-state index in [2.05, 4.69) is 63.3 Å². The third-order valence-corrected chi connectivity index (χ3v) is 3.62. The van der Waals surface area contributed by atoms with Gasteiger partial charge in [0.25, 0.3) is 0 Å². The minimum Gasteiger partial charge on any atom is -0.0877 e. The van der Waals surface area contributed by atoms with Crippen molar-refractivity contribution in [2.24, 2.45) is 11.8 Å². The second-order valence-corrected chi connectivity index (χ2v) is 4.75. The first-order chi connectivity index (χ1) is 7.74. The maximum atomic E-state index is 2.35. The van der Waals surface area contributed by atoms with Gasteiger partial charge in [-0.15, -0.1) is 0 Å². The van der Waals surface area contributed by atoms with Crippen LogP contribution in [-0.2, 0) is 0 Å². The predicted molar refractivity (Wildman–Crippen MR) is 71.1 cm³/mol. The van der Waals surface area contributed by atoms with E-state index < -0.39 is 0 Å². The lowest BCUT2D eigenvalue weighted by atomic mass is 9.72. The van der Waals surface area contributed by atoms with Crippen molar-refractivity contribution in [3.63, 3.8) is 0 Å². The molecular formula is C16H20. The molecule has 0 fully saturated rings. The first-order valence-corrected chi connectivity index (χ1v) is 6.12. The van der Waals surface area contributed by atoms with Gasteiger partial charge in [-0.1, -0.05) is 49.5 Å². The maximum Gasteiger partial charge on any atom is 0.00526 e. The summed E-state index contributed by atoms with van der Waals surface area (Å²) in [4.78, 5) is 0. The van der Waals surface area contributed by atoms with Crippen LogP contribution < -0.4 is 0 Å². The molecule has 0 aromatic rings. The molecule has 2 aliphatic rings. The fourth-order valence-corrected chi connectivity index (χ4v) is 2.65. The molecule has 0 heterocycles. The highest BCUT2D eigenvalue weighted by atomic mass is 14.3. The molecule has 2 unspecified atom stereocenters. The van der Waals surface area contributed by atoms with Gasteiger partial charge in [0.15, 0.2) is 0 Å². The average molecular weight is 212 g/mol. The van der Waals surface area contributed by atoms with Crippen molar-refractivity contribution in [2.45, 2.75) is 27.2 Å². The zero-order valence-corrected chi connectivity index (χ0v) is 10.4. The van der Waals surface area contributed by atoms with Gasteiger partial charge >= 0.3 is 0 Å². The van der Waals surface area contributed by atoms with E-state index in [9.17, 15) is 0 Å². The summed E-state index contributed by atoms with van der Waals surface area (Å²) in [6, 6.07) is 0. The van der Waals surface area contributed by atoms with Crippen LogP contribution in [0, 0.1) is 11.8 Å². The third-order valence-electron chi connectivity index (χ3n) is 3.62. The monoisotopic (exact) mass is 212 g/mol. The molecule has 0 radical (unpaired) electrons. The molecule has 2 aliphatic carbocycles. The highest BCUT2D eigenvalue weighted by Crippen LogP contribution is 2.40. The smallest absolute Gasteiger partial charge is 0.00526 e. The van der Waals surface area contributed by atoms with Gasteiger partial charge in [0.1, 0.15) is 0 Å². The summed E-state index contributed by atoms with van der Waals surface area (Å²) in [6.07, 6.45) is 16.7. The van der Waals surface area contributed by atoms with Crippen LogP contribution in [0.4, 0.5) is 0 Å². The van der Waals surface area contributed by atoms with Gasteiger partial charge < -0.3 is 0 Å². The Bertz CT molecular complexity index is 413. The Balaban J connectivity index is 2.41. The van der Waals surface area contributed by atoms with E-state index in [1.165, 1.54) is 23.1 Å². The van der Waals surface area contributed by atoms with Gasteiger partial charge in [-0.3, -0.25) is 0 Å². The number of hydrogen-bond acceptors (Lipinski definition) is 0. The van der Waals surface area contributed by atoms with Gasteiger partial charge in [0.05, 0.1) is 0 Å². The molecule has 0 amide bonds. The molecule has 0 N–H and O–H groups in total. The molecule has 84 valence electrons. The van der Waals surface area contributed by atoms with Crippen LogP contribution in [0.3, 0.4) is 0 Å². The number of allylic oxidation sites excluding steroid dienone is 10. The molecule has 0 aliphatic heterocycles. The van der Waals surface area contributed by atoms with E-state index in [0.717, 1.165) is 5.92 Å². The summed E-state index contributed by atoms with van der Waals surface area (Å²) in [5, 5.41) is 0. The van der Waals surface area contributed by atoms with E-state index in [-0.39, 0.29) is 0 Å². The normalized spacial score (nSPS) is 31.6. The van der Waals surface area contributed by atoms with Crippen LogP contribution in [0.25, 0.3) is 0 Å². The first kappa shape index (κ1) is 11.2. The Morgan fingerprint density at radius 2 is 2.12 bits per heavy atom. The first-order valence-electron chi connectivity index (χ1n) is 6.12. The van der Waals surface area contributed by atoms with Crippen molar-refractivity contribution in [1.29, 1.82) is 0 Å². The molecular weight excluding hydrogens is 192 g/mol. The summed E-state index contributed by atoms with van der Waals surface area (Å²) >= 11 is 0. The second kappa shape index (κ2) is 4.69. The standard InChI is InChI=1S/C16H20/c1-4-5-8-14-11-12(2)15-9-6-7-10-16(15)13(14)3/h4-10,12,15H,11H2,1-3H3/b5-4-,14-8+. The van der Waals surface area contributed by atoms with Gasteiger partial charge in [-0.05, 0) is 42.9 Å². The van der Waals surface area contributed by atoms with Crippen molar-refractivity contribution in [3.8, 4) is 0 Å². The van der Waals surface area contributed by atoms with Crippen LogP contribution in [-0.4, -0.2) is 0 Å². The van der Waals surface area contributed by atoms with Crippen LogP contribution in [0.2, 0.25) is 0 Å². The Hall–Kier alpha value is -1.30. The molecule has 2 rings (SSSR count). The van der Waals surface area contributed by atoms with Gasteiger partial charge in [-0.2, -0.15) is 0 Å². The van der Waals surface area contributed by atoms with Gasteiger partial charge in [-0.25, -0.2) is 0 Å².